The Morgan fingerprint density at radius 2 is 1.71 bits per heavy atom. The molecule has 4 heteroatoms. The number of nitrogens with zero attached hydrogens (tertiary/aromatic N) is 1. The fourth-order valence-electron chi connectivity index (χ4n) is 6.39. The van der Waals surface area contributed by atoms with Crippen LogP contribution in [0.25, 0.3) is 11.1 Å². The second-order valence-corrected chi connectivity index (χ2v) is 9.67. The van der Waals surface area contributed by atoms with Crippen molar-refractivity contribution in [3.05, 3.63) is 53.6 Å². The van der Waals surface area contributed by atoms with Crippen LogP contribution in [0.15, 0.2) is 42.5 Å². The third-order valence-corrected chi connectivity index (χ3v) is 8.08. The van der Waals surface area contributed by atoms with E-state index in [2.05, 4.69) is 28.4 Å². The number of hydrogen-bond donors (Lipinski definition) is 1. The zero-order valence-corrected chi connectivity index (χ0v) is 18.8. The van der Waals surface area contributed by atoms with Crippen molar-refractivity contribution in [1.29, 1.82) is 0 Å². The van der Waals surface area contributed by atoms with Gasteiger partial charge in [0.05, 0.1) is 7.11 Å². The maximum absolute atomic E-state index is 11.8. The summed E-state index contributed by atoms with van der Waals surface area (Å²) in [5.74, 6) is 3.49. The van der Waals surface area contributed by atoms with Crippen molar-refractivity contribution in [3.8, 4) is 16.9 Å². The maximum atomic E-state index is 11.8. The number of carbonyl (C=O) groups is 1. The van der Waals surface area contributed by atoms with E-state index in [1.807, 2.05) is 24.3 Å². The second kappa shape index (κ2) is 8.66. The van der Waals surface area contributed by atoms with Crippen LogP contribution in [0.1, 0.15) is 60.4 Å². The summed E-state index contributed by atoms with van der Waals surface area (Å²) in [5, 5.41) is 2.68. The topological polar surface area (TPSA) is 41.6 Å². The van der Waals surface area contributed by atoms with Crippen LogP contribution in [0.3, 0.4) is 0 Å². The summed E-state index contributed by atoms with van der Waals surface area (Å²) in [6, 6.07) is 15.3. The first-order valence-electron chi connectivity index (χ1n) is 11.9. The van der Waals surface area contributed by atoms with Crippen LogP contribution >= 0.6 is 0 Å². The van der Waals surface area contributed by atoms with Gasteiger partial charge in [0.25, 0.3) is 5.91 Å². The highest BCUT2D eigenvalue weighted by Gasteiger charge is 2.43. The van der Waals surface area contributed by atoms with Gasteiger partial charge in [-0.05, 0) is 104 Å². The van der Waals surface area contributed by atoms with Gasteiger partial charge in [-0.25, -0.2) is 0 Å². The van der Waals surface area contributed by atoms with Gasteiger partial charge in [-0.2, -0.15) is 0 Å². The zero-order chi connectivity index (χ0) is 21.4. The van der Waals surface area contributed by atoms with Crippen molar-refractivity contribution in [1.82, 2.24) is 10.2 Å². The van der Waals surface area contributed by atoms with Gasteiger partial charge in [-0.3, -0.25) is 4.79 Å². The summed E-state index contributed by atoms with van der Waals surface area (Å²) in [6.07, 6.45) is 8.29. The van der Waals surface area contributed by atoms with Gasteiger partial charge in [0.1, 0.15) is 5.75 Å². The van der Waals surface area contributed by atoms with Crippen LogP contribution in [0.5, 0.6) is 5.75 Å². The van der Waals surface area contributed by atoms with Gasteiger partial charge in [0, 0.05) is 18.7 Å². The van der Waals surface area contributed by atoms with Crippen LogP contribution < -0.4 is 10.1 Å². The molecule has 0 radical (unpaired) electrons. The molecule has 2 aromatic rings. The first kappa shape index (κ1) is 20.6. The highest BCUT2D eigenvalue weighted by atomic mass is 16.5. The molecule has 1 amide bonds. The predicted molar refractivity (Wildman–Crippen MR) is 125 cm³/mol. The number of piperidine rings is 1. The molecule has 4 nitrogen and oxygen atoms in total. The number of methoxy groups -OCH3 is 1. The van der Waals surface area contributed by atoms with Gasteiger partial charge in [0.2, 0.25) is 0 Å². The number of likely N-dealkylation sites (tertiary alicyclic amines) is 1. The highest BCUT2D eigenvalue weighted by Crippen LogP contribution is 2.48. The lowest BCUT2D eigenvalue weighted by molar-refractivity contribution is 0.0963. The minimum absolute atomic E-state index is 0.0517. The van der Waals surface area contributed by atoms with Crippen molar-refractivity contribution in [3.63, 3.8) is 0 Å². The zero-order valence-electron chi connectivity index (χ0n) is 18.8. The summed E-state index contributed by atoms with van der Waals surface area (Å²) in [7, 11) is 3.44. The molecule has 164 valence electrons. The molecule has 2 saturated carbocycles. The van der Waals surface area contributed by atoms with Crippen molar-refractivity contribution in [2.75, 3.05) is 27.2 Å². The van der Waals surface area contributed by atoms with Gasteiger partial charge >= 0.3 is 0 Å². The second-order valence-electron chi connectivity index (χ2n) is 9.67. The van der Waals surface area contributed by atoms with E-state index in [4.69, 9.17) is 4.74 Å². The van der Waals surface area contributed by atoms with Gasteiger partial charge in [-0.1, -0.05) is 24.6 Å². The van der Waals surface area contributed by atoms with Gasteiger partial charge < -0.3 is 15.0 Å². The van der Waals surface area contributed by atoms with E-state index in [-0.39, 0.29) is 5.91 Å². The lowest BCUT2D eigenvalue weighted by Gasteiger charge is -2.40. The molecule has 0 unspecified atom stereocenters. The van der Waals surface area contributed by atoms with E-state index in [0.717, 1.165) is 29.2 Å². The molecule has 3 fully saturated rings. The van der Waals surface area contributed by atoms with E-state index >= 15 is 0 Å². The molecule has 2 aromatic carbocycles. The minimum Gasteiger partial charge on any atom is -0.496 e. The molecule has 3 aliphatic rings. The summed E-state index contributed by atoms with van der Waals surface area (Å²) in [4.78, 5) is 14.6. The van der Waals surface area contributed by atoms with E-state index in [1.165, 1.54) is 62.7 Å². The van der Waals surface area contributed by atoms with Gasteiger partial charge in [0.15, 0.2) is 0 Å². The summed E-state index contributed by atoms with van der Waals surface area (Å²) in [6.45, 7) is 2.43. The number of fused-ring (bicyclic) bond motifs is 2. The Morgan fingerprint density at radius 3 is 2.32 bits per heavy atom. The molecule has 1 heterocycles. The van der Waals surface area contributed by atoms with Gasteiger partial charge in [-0.15, -0.1) is 0 Å². The SMILES string of the molecule is CNC(=O)c1ccc(-c2ccc(OC)c(C3CCN([C@H]4C[C@H]5CC[C@H]4C5)CC3)c2)cc1. The maximum Gasteiger partial charge on any atom is 0.251 e. The molecule has 0 spiro atoms. The van der Waals surface area contributed by atoms with Crippen LogP contribution in [-0.4, -0.2) is 44.1 Å². The molecule has 2 aliphatic carbocycles. The molecule has 3 atom stereocenters. The Labute approximate surface area is 186 Å². The smallest absolute Gasteiger partial charge is 0.251 e. The number of carbonyl (C=O) groups excluding carboxylic acids is 1. The van der Waals surface area contributed by atoms with Crippen LogP contribution in [0.2, 0.25) is 0 Å². The minimum atomic E-state index is -0.0517. The largest absolute Gasteiger partial charge is 0.496 e. The lowest BCUT2D eigenvalue weighted by Crippen LogP contribution is -2.43. The third-order valence-electron chi connectivity index (χ3n) is 8.08. The Morgan fingerprint density at radius 1 is 0.968 bits per heavy atom. The first-order chi connectivity index (χ1) is 15.2. The average molecular weight is 419 g/mol. The molecule has 1 aliphatic heterocycles. The fraction of sp³-hybridized carbons (Fsp3) is 0.519. The fourth-order valence-corrected chi connectivity index (χ4v) is 6.39. The number of amides is 1. The van der Waals surface area contributed by atoms with Crippen molar-refractivity contribution < 1.29 is 9.53 Å². The average Bonchev–Trinajstić information content (AvgIpc) is 3.47. The highest BCUT2D eigenvalue weighted by molar-refractivity contribution is 5.94. The summed E-state index contributed by atoms with van der Waals surface area (Å²) < 4.78 is 5.75. The molecule has 31 heavy (non-hydrogen) atoms. The normalized spacial score (nSPS) is 26.2. The van der Waals surface area contributed by atoms with E-state index in [9.17, 15) is 4.79 Å². The Balaban J connectivity index is 1.31. The van der Waals surface area contributed by atoms with Crippen molar-refractivity contribution in [2.45, 2.75) is 50.5 Å². The monoisotopic (exact) mass is 418 g/mol. The Kier molecular flexibility index (Phi) is 5.75. The van der Waals surface area contributed by atoms with Crippen LogP contribution in [0, 0.1) is 11.8 Å². The van der Waals surface area contributed by atoms with E-state index < -0.39 is 0 Å². The molecular formula is C27H34N2O2. The van der Waals surface area contributed by atoms with Crippen molar-refractivity contribution in [2.24, 2.45) is 11.8 Å². The van der Waals surface area contributed by atoms with Crippen LogP contribution in [-0.2, 0) is 0 Å². The molecule has 2 bridgehead atoms. The summed E-state index contributed by atoms with van der Waals surface area (Å²) >= 11 is 0. The Hall–Kier alpha value is -2.33. The molecule has 1 N–H and O–H groups in total. The number of ether oxygens (including phenoxy) is 1. The number of rotatable bonds is 5. The predicted octanol–water partition coefficient (Wildman–Crippen LogP) is 5.09. The quantitative estimate of drug-likeness (QED) is 0.735. The van der Waals surface area contributed by atoms with E-state index in [1.54, 1.807) is 14.2 Å². The number of nitrogens with one attached hydrogen (secondary N) is 1. The molecule has 0 aromatic heterocycles. The molecule has 5 rings (SSSR count). The van der Waals surface area contributed by atoms with E-state index in [0.29, 0.717) is 11.5 Å². The molecule has 1 saturated heterocycles. The number of hydrogen-bond acceptors (Lipinski definition) is 3. The van der Waals surface area contributed by atoms with Crippen LogP contribution in [0.4, 0.5) is 0 Å². The molecular weight excluding hydrogens is 384 g/mol. The summed E-state index contributed by atoms with van der Waals surface area (Å²) in [5.41, 5.74) is 4.35. The number of benzene rings is 2. The van der Waals surface area contributed by atoms with Crippen molar-refractivity contribution >= 4 is 5.91 Å². The standard InChI is InChI=1S/C27H34N2O2/c1-28-27(30)21-7-5-19(6-8-21)22-9-10-26(31-2)24(17-22)20-11-13-29(14-12-20)25-16-18-3-4-23(25)15-18/h5-10,17-18,20,23,25H,3-4,11-16H2,1-2H3,(H,28,30)/t18-,23-,25-/m0/s1. The first-order valence-corrected chi connectivity index (χ1v) is 11.9. The lowest BCUT2D eigenvalue weighted by atomic mass is 9.85. The third kappa shape index (κ3) is 3.98. The Bertz CT molecular complexity index is 931.